The second-order valence-electron chi connectivity index (χ2n) is 2.89. The predicted octanol–water partition coefficient (Wildman–Crippen LogP) is 1.68. The summed E-state index contributed by atoms with van der Waals surface area (Å²) in [6, 6.07) is 0. The van der Waals surface area contributed by atoms with Crippen LogP contribution in [0.4, 0.5) is 52.7 Å². The van der Waals surface area contributed by atoms with E-state index in [2.05, 4.69) is 0 Å². The first-order chi connectivity index (χ1) is 8.39. The van der Waals surface area contributed by atoms with Crippen LogP contribution in [0.5, 0.6) is 0 Å². The Bertz CT molecular complexity index is 265. The molecule has 0 heterocycles. The van der Waals surface area contributed by atoms with Gasteiger partial charge < -0.3 is 10.2 Å². The molecule has 2 unspecified atom stereocenters. The van der Waals surface area contributed by atoms with Gasteiger partial charge in [-0.05, 0) is 0 Å². The zero-order chi connectivity index (χ0) is 17.2. The molecule has 0 rings (SSSR count). The Morgan fingerprint density at radius 1 is 0.524 bits per heavy atom. The summed E-state index contributed by atoms with van der Waals surface area (Å²) in [6.07, 6.45) is -21.3. The van der Waals surface area contributed by atoms with Crippen molar-refractivity contribution in [1.29, 1.82) is 0 Å². The molecule has 0 N–H and O–H groups in total. The van der Waals surface area contributed by atoms with Crippen molar-refractivity contribution in [3.8, 4) is 0 Å². The summed E-state index contributed by atoms with van der Waals surface area (Å²) in [6.45, 7) is 0. The summed E-state index contributed by atoms with van der Waals surface area (Å²) in [7, 11) is 0. The molecule has 2 atom stereocenters. The zero-order valence-electron chi connectivity index (χ0n) is 8.82. The minimum absolute atomic E-state index is 0. The Kier molecular flexibility index (Phi) is 9.59. The predicted molar refractivity (Wildman–Crippen MR) is 31.8 cm³/mol. The van der Waals surface area contributed by atoms with Crippen LogP contribution in [0.25, 0.3) is 0 Å². The second-order valence-corrected chi connectivity index (χ2v) is 2.89. The Labute approximate surface area is 121 Å². The summed E-state index contributed by atoms with van der Waals surface area (Å²) in [5, 5.41) is 18.6. The van der Waals surface area contributed by atoms with Gasteiger partial charge in [0, 0.05) is 0 Å². The molecule has 21 heavy (non-hydrogen) atoms. The van der Waals surface area contributed by atoms with Gasteiger partial charge >= 0.3 is 32.8 Å². The SMILES string of the molecule is [O-]C(F)(C(F)F)C(F)(F)F.[O-]C(F)(C(F)F)C(F)(F)F.[Pd+2]. The van der Waals surface area contributed by atoms with E-state index < -0.39 is 36.9 Å². The fraction of sp³-hybridized carbons (Fsp3) is 1.00. The quantitative estimate of drug-likeness (QED) is 0.485. The van der Waals surface area contributed by atoms with Crippen molar-refractivity contribution in [2.24, 2.45) is 0 Å². The molecular weight excluding hydrogens is 438 g/mol. The molecule has 0 fully saturated rings. The minimum atomic E-state index is -6.05. The van der Waals surface area contributed by atoms with Gasteiger partial charge in [-0.15, -0.1) is 0 Å². The van der Waals surface area contributed by atoms with Crippen molar-refractivity contribution in [3.63, 3.8) is 0 Å². The molecule has 0 aromatic rings. The average Bonchev–Trinajstić information content (AvgIpc) is 2.14. The first-order valence-corrected chi connectivity index (χ1v) is 3.87. The van der Waals surface area contributed by atoms with Gasteiger partial charge in [0.2, 0.25) is 0 Å². The topological polar surface area (TPSA) is 46.1 Å². The fourth-order valence-electron chi connectivity index (χ4n) is 0.247. The normalized spacial score (nSPS) is 18.3. The van der Waals surface area contributed by atoms with Crippen molar-refractivity contribution in [3.05, 3.63) is 0 Å². The molecule has 15 heteroatoms. The van der Waals surface area contributed by atoms with E-state index in [9.17, 15) is 62.9 Å². The molecule has 0 amide bonds. The third-order valence-corrected chi connectivity index (χ3v) is 1.33. The second kappa shape index (κ2) is 7.84. The van der Waals surface area contributed by atoms with E-state index in [0.717, 1.165) is 0 Å². The van der Waals surface area contributed by atoms with E-state index in [-0.39, 0.29) is 20.4 Å². The molecule has 0 spiro atoms. The molecule has 0 radical (unpaired) electrons. The first-order valence-electron chi connectivity index (χ1n) is 3.87. The van der Waals surface area contributed by atoms with Gasteiger partial charge in [-0.1, -0.05) is 0 Å². The molecule has 0 saturated carbocycles. The van der Waals surface area contributed by atoms with Gasteiger partial charge in [0.1, 0.15) is 0 Å². The molecular formula is C6H2F12O2Pd. The first kappa shape index (κ1) is 25.7. The summed E-state index contributed by atoms with van der Waals surface area (Å²) in [5.74, 6) is -11.3. The van der Waals surface area contributed by atoms with Gasteiger partial charge in [0.25, 0.3) is 12.9 Å². The van der Waals surface area contributed by atoms with E-state index in [1.165, 1.54) is 0 Å². The maximum Gasteiger partial charge on any atom is 2.00 e. The largest absolute Gasteiger partial charge is 2.00 e. The third kappa shape index (κ3) is 7.03. The van der Waals surface area contributed by atoms with Crippen LogP contribution >= 0.6 is 0 Å². The van der Waals surface area contributed by atoms with Crippen molar-refractivity contribution in [2.75, 3.05) is 0 Å². The monoisotopic (exact) mass is 440 g/mol. The zero-order valence-corrected chi connectivity index (χ0v) is 10.4. The number of alkyl halides is 12. The summed E-state index contributed by atoms with van der Waals surface area (Å²) < 4.78 is 132. The van der Waals surface area contributed by atoms with Gasteiger partial charge in [-0.2, -0.15) is 26.3 Å². The minimum Gasteiger partial charge on any atom is -0.813 e. The van der Waals surface area contributed by atoms with Gasteiger partial charge in [0.05, 0.1) is 0 Å². The van der Waals surface area contributed by atoms with Crippen LogP contribution in [0.1, 0.15) is 0 Å². The average molecular weight is 440 g/mol. The molecule has 0 aliphatic carbocycles. The van der Waals surface area contributed by atoms with Gasteiger partial charge in [-0.25, -0.2) is 26.3 Å². The van der Waals surface area contributed by atoms with Crippen molar-refractivity contribution in [1.82, 2.24) is 0 Å². The van der Waals surface area contributed by atoms with Crippen LogP contribution in [0, 0.1) is 0 Å². The molecule has 0 aromatic heterocycles. The number of hydrogen-bond acceptors (Lipinski definition) is 2. The van der Waals surface area contributed by atoms with Crippen molar-refractivity contribution >= 4 is 0 Å². The summed E-state index contributed by atoms with van der Waals surface area (Å²) in [4.78, 5) is 0. The molecule has 0 saturated heterocycles. The van der Waals surface area contributed by atoms with E-state index in [4.69, 9.17) is 0 Å². The Morgan fingerprint density at radius 3 is 0.667 bits per heavy atom. The molecule has 0 aliphatic heterocycles. The third-order valence-electron chi connectivity index (χ3n) is 1.33. The maximum atomic E-state index is 11.3. The Balaban J connectivity index is -0.000000295. The van der Waals surface area contributed by atoms with E-state index >= 15 is 0 Å². The molecule has 0 aromatic carbocycles. The van der Waals surface area contributed by atoms with E-state index in [1.807, 2.05) is 0 Å². The van der Waals surface area contributed by atoms with Crippen molar-refractivity contribution in [2.45, 2.75) is 36.9 Å². The Morgan fingerprint density at radius 2 is 0.667 bits per heavy atom. The number of halogens is 12. The van der Waals surface area contributed by atoms with Crippen LogP contribution in [-0.2, 0) is 20.4 Å². The maximum absolute atomic E-state index is 11.3. The molecule has 132 valence electrons. The smallest absolute Gasteiger partial charge is 0.813 e. The summed E-state index contributed by atoms with van der Waals surface area (Å²) in [5.41, 5.74) is 0. The van der Waals surface area contributed by atoms with Crippen LogP contribution in [-0.4, -0.2) is 36.9 Å². The van der Waals surface area contributed by atoms with Crippen LogP contribution in [0.2, 0.25) is 0 Å². The fourth-order valence-corrected chi connectivity index (χ4v) is 0.247. The number of rotatable bonds is 2. The molecule has 0 bridgehead atoms. The van der Waals surface area contributed by atoms with Crippen LogP contribution < -0.4 is 10.2 Å². The molecule has 0 aliphatic rings. The van der Waals surface area contributed by atoms with Gasteiger partial charge in [-0.3, -0.25) is 0 Å². The van der Waals surface area contributed by atoms with E-state index in [1.54, 1.807) is 0 Å². The van der Waals surface area contributed by atoms with Crippen molar-refractivity contribution < 1.29 is 83.3 Å². The van der Waals surface area contributed by atoms with Crippen LogP contribution in [0.15, 0.2) is 0 Å². The van der Waals surface area contributed by atoms with Gasteiger partial charge in [0.15, 0.2) is 11.7 Å². The van der Waals surface area contributed by atoms with E-state index in [0.29, 0.717) is 0 Å². The molecule has 2 nitrogen and oxygen atoms in total. The number of hydrogen-bond donors (Lipinski definition) is 0. The standard InChI is InChI=1S/2C3HF6O.Pd/c2*4-1(5)2(6,10)3(7,8)9;/h2*1H;/q2*-1;+2. The Hall–Kier alpha value is -0.258. The van der Waals surface area contributed by atoms with Crippen LogP contribution in [0.3, 0.4) is 0 Å². The summed E-state index contributed by atoms with van der Waals surface area (Å²) >= 11 is 0.